The molecule has 2 amide bonds. The van der Waals surface area contributed by atoms with Gasteiger partial charge in [-0.1, -0.05) is 6.07 Å². The third-order valence-electron chi connectivity index (χ3n) is 4.75. The van der Waals surface area contributed by atoms with E-state index < -0.39 is 33.1 Å². The maximum atomic E-state index is 14.1. The molecule has 35 heavy (non-hydrogen) atoms. The number of H-pyrrole nitrogens is 1. The molecule has 0 radical (unpaired) electrons. The number of sulfonamides is 1. The Bertz CT molecular complexity index is 1630. The van der Waals surface area contributed by atoms with Crippen LogP contribution in [0.15, 0.2) is 67.7 Å². The third kappa shape index (κ3) is 5.39. The smallest absolute Gasteiger partial charge is 1.00 e. The predicted octanol–water partition coefficient (Wildman–Crippen LogP) is 0.414. The predicted molar refractivity (Wildman–Crippen MR) is 129 cm³/mol. The maximum Gasteiger partial charge on any atom is 1.00 e. The van der Waals surface area contributed by atoms with Gasteiger partial charge in [-0.2, -0.15) is 8.42 Å². The molecule has 4 aromatic rings. The topological polar surface area (TPSA) is 133 Å². The van der Waals surface area contributed by atoms with E-state index in [0.29, 0.717) is 0 Å². The second kappa shape index (κ2) is 10.9. The van der Waals surface area contributed by atoms with Crippen molar-refractivity contribution in [1.29, 1.82) is 0 Å². The van der Waals surface area contributed by atoms with Gasteiger partial charge in [-0.05, 0) is 47.8 Å². The summed E-state index contributed by atoms with van der Waals surface area (Å²) in [5.74, 6) is -0.660. The molecule has 0 spiro atoms. The largest absolute Gasteiger partial charge is 1.00 e. The van der Waals surface area contributed by atoms with Crippen molar-refractivity contribution in [3.05, 3.63) is 80.6 Å². The molecule has 15 heteroatoms. The summed E-state index contributed by atoms with van der Waals surface area (Å²) in [4.78, 5) is 40.3. The molecule has 0 fully saturated rings. The van der Waals surface area contributed by atoms with Crippen molar-refractivity contribution in [1.82, 2.24) is 13.4 Å². The number of rotatable bonds is 5. The van der Waals surface area contributed by atoms with Gasteiger partial charge in [0.25, 0.3) is 15.6 Å². The maximum absolute atomic E-state index is 14.1. The van der Waals surface area contributed by atoms with Gasteiger partial charge in [0.05, 0.1) is 22.3 Å². The van der Waals surface area contributed by atoms with Crippen LogP contribution in [0, 0.1) is 5.82 Å². The number of nitrogens with zero attached hydrogens (tertiary/aromatic N) is 2. The number of amides is 2. The Hall–Kier alpha value is -2.04. The Morgan fingerprint density at radius 3 is 2.49 bits per heavy atom. The van der Waals surface area contributed by atoms with E-state index >= 15 is 0 Å². The molecule has 4 rings (SSSR count). The minimum absolute atomic E-state index is 0. The molecule has 0 aliphatic carbocycles. The first-order chi connectivity index (χ1) is 16.1. The monoisotopic (exact) mass is 563 g/mol. The number of urea groups is 1. The van der Waals surface area contributed by atoms with Crippen molar-refractivity contribution in [2.24, 2.45) is 0 Å². The van der Waals surface area contributed by atoms with Crippen LogP contribution in [0.1, 0.15) is 1.43 Å². The third-order valence-corrected chi connectivity index (χ3v) is 8.26. The minimum atomic E-state index is -4.23. The molecule has 0 aliphatic rings. The number of hydrogen-bond acceptors (Lipinski definition) is 7. The first-order valence-corrected chi connectivity index (χ1v) is 12.1. The van der Waals surface area contributed by atoms with E-state index in [-0.39, 0.29) is 88.8 Å². The van der Waals surface area contributed by atoms with Crippen LogP contribution in [0.5, 0.6) is 0 Å². The van der Waals surface area contributed by atoms with Crippen molar-refractivity contribution in [3.8, 4) is 5.69 Å². The van der Waals surface area contributed by atoms with E-state index in [0.717, 1.165) is 22.0 Å². The minimum Gasteiger partial charge on any atom is -1.00 e. The van der Waals surface area contributed by atoms with Crippen LogP contribution in [0.2, 0.25) is 0 Å². The number of aromatic nitrogens is 2. The van der Waals surface area contributed by atoms with Gasteiger partial charge in [-0.25, -0.2) is 18.5 Å². The van der Waals surface area contributed by atoms with Crippen LogP contribution >= 0.6 is 23.1 Å². The number of benzene rings is 2. The van der Waals surface area contributed by atoms with E-state index in [9.17, 15) is 27.2 Å². The number of halogens is 2. The van der Waals surface area contributed by atoms with Gasteiger partial charge in [-0.15, -0.1) is 15.2 Å². The molecule has 0 saturated heterocycles. The van der Waals surface area contributed by atoms with Gasteiger partial charge in [0.15, 0.2) is 0 Å². The molecule has 2 heterocycles. The quantitative estimate of drug-likeness (QED) is 0.238. The van der Waals surface area contributed by atoms with Crippen LogP contribution in [0.3, 0.4) is 0 Å². The molecule has 0 saturated carbocycles. The van der Waals surface area contributed by atoms with Crippen molar-refractivity contribution < 1.29 is 70.4 Å². The molecule has 10 nitrogen and oxygen atoms in total. The standard InChI is InChI=1S/C20H15ClFN5O5S2.K.H/c1-23-16-10-15-13(9-14(16)22)18(28)26(19(29)25-15)12-6-4-11(5-7-12)24-20(30)27(21)34(31,32)17-3-2-8-33-17;;/h2-10,23H,1H3,(H,24,30)(H,25,29);;/q;+1;-1. The Morgan fingerprint density at radius 2 is 1.89 bits per heavy atom. The van der Waals surface area contributed by atoms with E-state index in [4.69, 9.17) is 11.8 Å². The summed E-state index contributed by atoms with van der Waals surface area (Å²) >= 11 is 6.64. The number of thiophene rings is 1. The average Bonchev–Trinajstić information content (AvgIpc) is 3.36. The zero-order valence-corrected chi connectivity index (χ0v) is 23.7. The fraction of sp³-hybridized carbons (Fsp3) is 0.0500. The van der Waals surface area contributed by atoms with Gasteiger partial charge in [0.1, 0.15) is 10.0 Å². The number of anilines is 2. The Balaban J connectivity index is 0.00000228. The van der Waals surface area contributed by atoms with E-state index in [1.54, 1.807) is 0 Å². The molecular formula is C20H16ClFKN5O5S2. The fourth-order valence-electron chi connectivity index (χ4n) is 3.12. The van der Waals surface area contributed by atoms with Crippen molar-refractivity contribution in [2.75, 3.05) is 17.7 Å². The van der Waals surface area contributed by atoms with Crippen LogP contribution in [-0.2, 0) is 10.0 Å². The number of hydrogen-bond donors (Lipinski definition) is 3. The van der Waals surface area contributed by atoms with E-state index in [2.05, 4.69) is 15.6 Å². The normalized spacial score (nSPS) is 11.1. The van der Waals surface area contributed by atoms with Gasteiger partial charge in [0.2, 0.25) is 0 Å². The van der Waals surface area contributed by atoms with Gasteiger partial charge < -0.3 is 17.0 Å². The SMILES string of the molecule is CNc1cc2[nH]c(=O)n(-c3ccc(NC(=O)N(Cl)S(=O)(=O)c4cccs4)cc3)c(=O)c2cc1F.[H-].[K+]. The van der Waals surface area contributed by atoms with Crippen LogP contribution < -0.4 is 73.3 Å². The molecule has 178 valence electrons. The van der Waals surface area contributed by atoms with E-state index in [1.807, 2.05) is 0 Å². The zero-order chi connectivity index (χ0) is 24.6. The first-order valence-electron chi connectivity index (χ1n) is 9.46. The summed E-state index contributed by atoms with van der Waals surface area (Å²) in [6.07, 6.45) is 0. The molecule has 2 aromatic carbocycles. The molecule has 0 aliphatic heterocycles. The second-order valence-electron chi connectivity index (χ2n) is 6.83. The Morgan fingerprint density at radius 1 is 1.20 bits per heavy atom. The molecule has 3 N–H and O–H groups in total. The number of carbonyl (C=O) groups is 1. The van der Waals surface area contributed by atoms with Gasteiger partial charge in [-0.3, -0.25) is 4.79 Å². The summed E-state index contributed by atoms with van der Waals surface area (Å²) in [5, 5.41) is 6.44. The molecular weight excluding hydrogens is 548 g/mol. The molecule has 2 aromatic heterocycles. The summed E-state index contributed by atoms with van der Waals surface area (Å²) < 4.78 is 39.6. The summed E-state index contributed by atoms with van der Waals surface area (Å²) in [5.41, 5.74) is -0.929. The molecule has 0 atom stereocenters. The van der Waals surface area contributed by atoms with Crippen molar-refractivity contribution in [2.45, 2.75) is 4.21 Å². The number of nitrogens with one attached hydrogen (secondary N) is 3. The fourth-order valence-corrected chi connectivity index (χ4v) is 5.51. The van der Waals surface area contributed by atoms with Crippen LogP contribution in [0.25, 0.3) is 16.6 Å². The summed E-state index contributed by atoms with van der Waals surface area (Å²) in [6.45, 7) is 0. The summed E-state index contributed by atoms with van der Waals surface area (Å²) in [7, 11) is -2.72. The average molecular weight is 564 g/mol. The first kappa shape index (κ1) is 27.5. The van der Waals surface area contributed by atoms with Gasteiger partial charge in [0, 0.05) is 24.5 Å². The number of fused-ring (bicyclic) bond motifs is 1. The Kier molecular flexibility index (Phi) is 8.59. The van der Waals surface area contributed by atoms with Crippen LogP contribution in [-0.4, -0.2) is 34.9 Å². The van der Waals surface area contributed by atoms with E-state index in [1.165, 1.54) is 54.9 Å². The van der Waals surface area contributed by atoms with Crippen molar-refractivity contribution in [3.63, 3.8) is 0 Å². The zero-order valence-electron chi connectivity index (χ0n) is 19.2. The Labute approximate surface area is 250 Å². The number of aromatic amines is 1. The second-order valence-corrected chi connectivity index (χ2v) is 10.3. The molecule has 0 bridgehead atoms. The number of carbonyl (C=O) groups excluding carboxylic acids is 1. The summed E-state index contributed by atoms with van der Waals surface area (Å²) in [6, 6.07) is 9.41. The van der Waals surface area contributed by atoms with Crippen LogP contribution in [0.4, 0.5) is 20.6 Å². The van der Waals surface area contributed by atoms with Gasteiger partial charge >= 0.3 is 63.1 Å². The molecule has 0 unspecified atom stereocenters. The van der Waals surface area contributed by atoms with Crippen molar-refractivity contribution >= 4 is 61.4 Å².